The van der Waals surface area contributed by atoms with Gasteiger partial charge in [-0.3, -0.25) is 0 Å². The Labute approximate surface area is 301 Å². The molecule has 262 valence electrons. The quantitative estimate of drug-likeness (QED) is 0.0666. The number of esters is 4. The summed E-state index contributed by atoms with van der Waals surface area (Å²) in [6, 6.07) is 21.5. The Hall–Kier alpha value is -6.79. The van der Waals surface area contributed by atoms with E-state index in [-0.39, 0.29) is 46.1 Å². The molecule has 0 N–H and O–H groups in total. The zero-order valence-corrected chi connectivity index (χ0v) is 29.1. The summed E-state index contributed by atoms with van der Waals surface area (Å²) in [5.74, 6) is 2.62. The van der Waals surface area contributed by atoms with Gasteiger partial charge < -0.3 is 18.9 Å². The van der Waals surface area contributed by atoms with Crippen molar-refractivity contribution >= 4 is 30.0 Å². The van der Waals surface area contributed by atoms with E-state index in [1.165, 1.54) is 44.2 Å². The van der Waals surface area contributed by atoms with Gasteiger partial charge in [-0.25, -0.2) is 23.6 Å². The van der Waals surface area contributed by atoms with Crippen molar-refractivity contribution in [1.29, 1.82) is 0 Å². The fourth-order valence-corrected chi connectivity index (χ4v) is 4.46. The predicted molar refractivity (Wildman–Crippen MR) is 196 cm³/mol. The molecule has 0 fully saturated rings. The number of carbonyl (C=O) groups is 4. The number of rotatable bonds is 11. The largest absolute Gasteiger partial charge is 0.457 e. The average Bonchev–Trinajstić information content (AvgIpc) is 3.10. The van der Waals surface area contributed by atoms with E-state index in [9.17, 15) is 19.2 Å². The van der Waals surface area contributed by atoms with Crippen molar-refractivity contribution in [2.24, 2.45) is 0 Å². The van der Waals surface area contributed by atoms with Crippen molar-refractivity contribution in [2.45, 2.75) is 34.3 Å². The van der Waals surface area contributed by atoms with Crippen LogP contribution in [0, 0.1) is 24.6 Å². The normalized spacial score (nSPS) is 10.4. The number of aryl methyl sites for hydroxylation is 1. The molecule has 0 radical (unpaired) electrons. The van der Waals surface area contributed by atoms with E-state index >= 15 is 4.39 Å². The van der Waals surface area contributed by atoms with Crippen molar-refractivity contribution in [3.05, 3.63) is 155 Å². The molecule has 0 saturated heterocycles. The molecule has 0 aliphatic heterocycles. The summed E-state index contributed by atoms with van der Waals surface area (Å²) >= 11 is 0. The van der Waals surface area contributed by atoms with Crippen molar-refractivity contribution in [3.63, 3.8) is 0 Å². The molecule has 0 aliphatic rings. The molecule has 0 aromatic heterocycles. The summed E-state index contributed by atoms with van der Waals surface area (Å²) < 4.78 is 36.4. The second-order valence-corrected chi connectivity index (χ2v) is 11.8. The molecular formula is C43H35FO8. The van der Waals surface area contributed by atoms with Crippen LogP contribution in [0.5, 0.6) is 17.2 Å². The summed E-state index contributed by atoms with van der Waals surface area (Å²) in [5.41, 5.74) is 5.13. The second-order valence-electron chi connectivity index (χ2n) is 11.8. The fraction of sp³-hybridized carbons (Fsp3) is 0.116. The van der Waals surface area contributed by atoms with Gasteiger partial charge in [0, 0.05) is 33.9 Å². The Morgan fingerprint density at radius 1 is 0.692 bits per heavy atom. The topological polar surface area (TPSA) is 105 Å². The Balaban J connectivity index is 1.50. The first-order chi connectivity index (χ1) is 24.7. The minimum absolute atomic E-state index is 0.0831. The van der Waals surface area contributed by atoms with Crippen molar-refractivity contribution in [2.75, 3.05) is 0 Å². The van der Waals surface area contributed by atoms with E-state index in [2.05, 4.69) is 31.6 Å². The summed E-state index contributed by atoms with van der Waals surface area (Å²) in [5, 5.41) is 0. The highest BCUT2D eigenvalue weighted by atomic mass is 19.1. The Morgan fingerprint density at radius 2 is 1.27 bits per heavy atom. The van der Waals surface area contributed by atoms with Crippen LogP contribution in [-0.2, 0) is 30.5 Å². The minimum atomic E-state index is -0.842. The van der Waals surface area contributed by atoms with E-state index in [1.807, 2.05) is 49.4 Å². The van der Waals surface area contributed by atoms with E-state index in [0.29, 0.717) is 11.1 Å². The van der Waals surface area contributed by atoms with Crippen LogP contribution in [0.3, 0.4) is 0 Å². The van der Waals surface area contributed by atoms with Gasteiger partial charge in [-0.1, -0.05) is 61.9 Å². The predicted octanol–water partition coefficient (Wildman–Crippen LogP) is 8.40. The molecule has 0 spiro atoms. The van der Waals surface area contributed by atoms with Crippen LogP contribution in [0.2, 0.25) is 0 Å². The van der Waals surface area contributed by atoms with Crippen LogP contribution in [0.15, 0.2) is 121 Å². The Morgan fingerprint density at radius 3 is 1.87 bits per heavy atom. The zero-order chi connectivity index (χ0) is 37.9. The molecule has 0 amide bonds. The molecule has 4 aromatic rings. The van der Waals surface area contributed by atoms with Gasteiger partial charge in [0.05, 0.1) is 5.56 Å². The molecule has 0 bridgehead atoms. The number of carbonyl (C=O) groups excluding carboxylic acids is 4. The number of hydrogen-bond acceptors (Lipinski definition) is 8. The van der Waals surface area contributed by atoms with Gasteiger partial charge in [0.2, 0.25) is 0 Å². The monoisotopic (exact) mass is 698 g/mol. The lowest BCUT2D eigenvalue weighted by molar-refractivity contribution is -0.140. The van der Waals surface area contributed by atoms with Crippen molar-refractivity contribution < 1.29 is 42.5 Å². The lowest BCUT2D eigenvalue weighted by atomic mass is 9.97. The average molecular weight is 699 g/mol. The van der Waals surface area contributed by atoms with Gasteiger partial charge in [0.15, 0.2) is 0 Å². The summed E-state index contributed by atoms with van der Waals surface area (Å²) in [4.78, 5) is 48.3. The minimum Gasteiger partial charge on any atom is -0.457 e. The summed E-state index contributed by atoms with van der Waals surface area (Å²) in [6.07, 6.45) is 2.10. The maximum atomic E-state index is 15.4. The summed E-state index contributed by atoms with van der Waals surface area (Å²) in [6.45, 7) is 17.3. The van der Waals surface area contributed by atoms with Crippen molar-refractivity contribution in [1.82, 2.24) is 0 Å². The third kappa shape index (κ3) is 10.6. The van der Waals surface area contributed by atoms with Gasteiger partial charge in [0.1, 0.15) is 29.7 Å². The summed E-state index contributed by atoms with van der Waals surface area (Å²) in [7, 11) is 0. The molecule has 52 heavy (non-hydrogen) atoms. The van der Waals surface area contributed by atoms with Gasteiger partial charge in [0.25, 0.3) is 0 Å². The molecule has 0 heterocycles. The first kappa shape index (κ1) is 38.0. The maximum Gasteiger partial charge on any atom is 0.338 e. The number of hydrogen-bond donors (Lipinski definition) is 0. The Kier molecular flexibility index (Phi) is 12.6. The van der Waals surface area contributed by atoms with Crippen molar-refractivity contribution in [3.8, 4) is 40.2 Å². The zero-order valence-electron chi connectivity index (χ0n) is 29.1. The number of benzene rings is 4. The maximum absolute atomic E-state index is 15.4. The van der Waals surface area contributed by atoms with E-state index < -0.39 is 29.7 Å². The lowest BCUT2D eigenvalue weighted by Gasteiger charge is -2.10. The van der Waals surface area contributed by atoms with Gasteiger partial charge >= 0.3 is 23.9 Å². The van der Waals surface area contributed by atoms with Crippen LogP contribution in [0.25, 0.3) is 17.2 Å². The highest BCUT2D eigenvalue weighted by Crippen LogP contribution is 2.28. The Bertz CT molecular complexity index is 2180. The van der Waals surface area contributed by atoms with Gasteiger partial charge in [-0.2, -0.15) is 0 Å². The standard InChI is InChI=1S/C43H35FO8/c1-26(2)41(46)49-25-32-12-19-36(29(7)22-32)33-13-10-30(11-14-33)8-9-31-23-38(44)37(39(24-31)52-43(48)28(5)6)20-21-40(45)50-34-15-17-35(18-16-34)51-42(47)27(3)4/h10-24H,1,3,5,25H2,2,4,6-7H3. The highest BCUT2D eigenvalue weighted by Gasteiger charge is 2.15. The second kappa shape index (κ2) is 17.2. The first-order valence-electron chi connectivity index (χ1n) is 15.8. The fourth-order valence-electron chi connectivity index (χ4n) is 4.46. The van der Waals surface area contributed by atoms with Crippen LogP contribution in [0.4, 0.5) is 4.39 Å². The molecule has 9 heteroatoms. The van der Waals surface area contributed by atoms with Gasteiger partial charge in [-0.05, 0) is 105 Å². The van der Waals surface area contributed by atoms with E-state index in [1.54, 1.807) is 6.92 Å². The smallest absolute Gasteiger partial charge is 0.338 e. The molecule has 0 saturated carbocycles. The van der Waals surface area contributed by atoms with E-state index in [0.717, 1.165) is 40.5 Å². The SMILES string of the molecule is C=C(C)C(=O)OCc1ccc(-c2ccc(C#Cc3cc(F)c(C=CC(=O)Oc4ccc(OC(=O)C(=C)C)cc4)c(OC(=O)C(=C)C)c3)cc2)c(C)c1. The molecule has 4 rings (SSSR count). The number of halogens is 1. The lowest BCUT2D eigenvalue weighted by Crippen LogP contribution is -2.10. The van der Waals surface area contributed by atoms with Crippen LogP contribution >= 0.6 is 0 Å². The third-order valence-electron chi connectivity index (χ3n) is 7.19. The molecule has 0 unspecified atom stereocenters. The van der Waals surface area contributed by atoms with Gasteiger partial charge in [-0.15, -0.1) is 0 Å². The van der Waals surface area contributed by atoms with Crippen LogP contribution < -0.4 is 14.2 Å². The highest BCUT2D eigenvalue weighted by molar-refractivity contribution is 5.92. The molecule has 0 atom stereocenters. The molecule has 0 aliphatic carbocycles. The molecule has 4 aromatic carbocycles. The third-order valence-corrected chi connectivity index (χ3v) is 7.19. The van der Waals surface area contributed by atoms with Crippen LogP contribution in [0.1, 0.15) is 48.6 Å². The van der Waals surface area contributed by atoms with Crippen LogP contribution in [-0.4, -0.2) is 23.9 Å². The molecular weight excluding hydrogens is 663 g/mol. The van der Waals surface area contributed by atoms with E-state index in [4.69, 9.17) is 18.9 Å². The number of ether oxygens (including phenoxy) is 4. The first-order valence-corrected chi connectivity index (χ1v) is 15.8. The molecule has 8 nitrogen and oxygen atoms in total.